The third-order valence-corrected chi connectivity index (χ3v) is 6.25. The van der Waals surface area contributed by atoms with Gasteiger partial charge in [-0.05, 0) is 30.2 Å². The molecule has 0 radical (unpaired) electrons. The maximum Gasteiger partial charge on any atom is 0.227 e. The molecule has 33 heavy (non-hydrogen) atoms. The van der Waals surface area contributed by atoms with Gasteiger partial charge in [0.1, 0.15) is 0 Å². The van der Waals surface area contributed by atoms with Crippen LogP contribution >= 0.6 is 0 Å². The highest BCUT2D eigenvalue weighted by Gasteiger charge is 2.39. The van der Waals surface area contributed by atoms with E-state index in [4.69, 9.17) is 9.47 Å². The quantitative estimate of drug-likeness (QED) is 0.595. The Labute approximate surface area is 194 Å². The molecule has 1 fully saturated rings. The van der Waals surface area contributed by atoms with Gasteiger partial charge in [-0.25, -0.2) is 0 Å². The van der Waals surface area contributed by atoms with Crippen LogP contribution < -0.4 is 19.7 Å². The number of nitrogens with one attached hydrogen (secondary N) is 1. The Balaban J connectivity index is 1.57. The Bertz CT molecular complexity index is 1090. The van der Waals surface area contributed by atoms with Gasteiger partial charge in [0, 0.05) is 24.7 Å². The Kier molecular flexibility index (Phi) is 6.36. The zero-order chi connectivity index (χ0) is 23.4. The molecule has 170 valence electrons. The number of hydrogen-bond donors (Lipinski definition) is 1. The first-order valence-corrected chi connectivity index (χ1v) is 10.9. The van der Waals surface area contributed by atoms with Gasteiger partial charge in [0.15, 0.2) is 11.5 Å². The lowest BCUT2D eigenvalue weighted by Gasteiger charge is -2.33. The second kappa shape index (κ2) is 9.36. The van der Waals surface area contributed by atoms with E-state index in [0.29, 0.717) is 23.7 Å². The lowest BCUT2D eigenvalue weighted by atomic mass is 9.84. The summed E-state index contributed by atoms with van der Waals surface area (Å²) in [4.78, 5) is 27.9. The van der Waals surface area contributed by atoms with Gasteiger partial charge in [-0.3, -0.25) is 9.59 Å². The lowest BCUT2D eigenvalue weighted by molar-refractivity contribution is -0.127. The molecule has 2 amide bonds. The summed E-state index contributed by atoms with van der Waals surface area (Å²) in [6, 6.07) is 25.1. The van der Waals surface area contributed by atoms with E-state index in [1.165, 1.54) is 0 Å². The predicted molar refractivity (Wildman–Crippen MR) is 127 cm³/mol. The summed E-state index contributed by atoms with van der Waals surface area (Å²) < 4.78 is 10.7. The summed E-state index contributed by atoms with van der Waals surface area (Å²) in [7, 11) is 3.12. The number of hydrogen-bond acceptors (Lipinski definition) is 4. The van der Waals surface area contributed by atoms with Crippen molar-refractivity contribution >= 4 is 17.5 Å². The molecule has 0 bridgehead atoms. The van der Waals surface area contributed by atoms with Crippen LogP contribution in [0.3, 0.4) is 0 Å². The first-order chi connectivity index (χ1) is 16.0. The Hall–Kier alpha value is -3.80. The SMILES string of the molecule is COc1ccc(N2CC(C(=O)NC(C)(c3ccccc3)c3ccccc3)CC2=O)cc1OC. The molecular formula is C27H28N2O4. The molecule has 0 aromatic heterocycles. The maximum absolute atomic E-state index is 13.4. The van der Waals surface area contributed by atoms with Crippen LogP contribution in [0.15, 0.2) is 78.9 Å². The van der Waals surface area contributed by atoms with Gasteiger partial charge in [-0.1, -0.05) is 60.7 Å². The number of ether oxygens (including phenoxy) is 2. The maximum atomic E-state index is 13.4. The lowest BCUT2D eigenvalue weighted by Crippen LogP contribution is -2.47. The molecule has 3 aromatic carbocycles. The van der Waals surface area contributed by atoms with Crippen molar-refractivity contribution in [3.8, 4) is 11.5 Å². The predicted octanol–water partition coefficient (Wildman–Crippen LogP) is 4.14. The van der Waals surface area contributed by atoms with Crippen LogP contribution in [0.1, 0.15) is 24.5 Å². The topological polar surface area (TPSA) is 67.9 Å². The minimum Gasteiger partial charge on any atom is -0.493 e. The molecule has 1 unspecified atom stereocenters. The van der Waals surface area contributed by atoms with Crippen LogP contribution in [-0.2, 0) is 15.1 Å². The number of carbonyl (C=O) groups excluding carboxylic acids is 2. The highest BCUT2D eigenvalue weighted by molar-refractivity contribution is 6.00. The van der Waals surface area contributed by atoms with Crippen LogP contribution in [0.2, 0.25) is 0 Å². The van der Waals surface area contributed by atoms with Crippen molar-refractivity contribution in [3.05, 3.63) is 90.0 Å². The highest BCUT2D eigenvalue weighted by atomic mass is 16.5. The summed E-state index contributed by atoms with van der Waals surface area (Å²) in [5, 5.41) is 3.24. The molecule has 1 saturated heterocycles. The molecular weight excluding hydrogens is 416 g/mol. The molecule has 6 nitrogen and oxygen atoms in total. The van der Waals surface area contributed by atoms with Gasteiger partial charge in [0.05, 0.1) is 25.7 Å². The van der Waals surface area contributed by atoms with Crippen molar-refractivity contribution in [2.75, 3.05) is 25.7 Å². The van der Waals surface area contributed by atoms with E-state index in [9.17, 15) is 9.59 Å². The second-order valence-electron chi connectivity index (χ2n) is 8.29. The van der Waals surface area contributed by atoms with Crippen molar-refractivity contribution in [1.29, 1.82) is 0 Å². The van der Waals surface area contributed by atoms with Crippen molar-refractivity contribution in [2.45, 2.75) is 18.9 Å². The molecule has 1 heterocycles. The van der Waals surface area contributed by atoms with E-state index in [-0.39, 0.29) is 18.2 Å². The minimum absolute atomic E-state index is 0.0940. The Morgan fingerprint density at radius 2 is 1.48 bits per heavy atom. The molecule has 1 N–H and O–H groups in total. The number of anilines is 1. The number of rotatable bonds is 7. The number of benzene rings is 3. The monoisotopic (exact) mass is 444 g/mol. The molecule has 0 saturated carbocycles. The van der Waals surface area contributed by atoms with Gasteiger partial charge in [-0.2, -0.15) is 0 Å². The van der Waals surface area contributed by atoms with Gasteiger partial charge in [0.2, 0.25) is 11.8 Å². The summed E-state index contributed by atoms with van der Waals surface area (Å²) in [5.41, 5.74) is 1.91. The number of nitrogens with zero attached hydrogens (tertiary/aromatic N) is 1. The van der Waals surface area contributed by atoms with E-state index < -0.39 is 11.5 Å². The van der Waals surface area contributed by atoms with Gasteiger partial charge < -0.3 is 19.7 Å². The molecule has 4 rings (SSSR count). The Morgan fingerprint density at radius 3 is 2.03 bits per heavy atom. The number of amides is 2. The molecule has 3 aromatic rings. The molecule has 1 atom stereocenters. The van der Waals surface area contributed by atoms with Crippen molar-refractivity contribution in [3.63, 3.8) is 0 Å². The molecule has 0 spiro atoms. The van der Waals surface area contributed by atoms with Crippen LogP contribution in [0, 0.1) is 5.92 Å². The largest absolute Gasteiger partial charge is 0.493 e. The molecule has 6 heteroatoms. The minimum atomic E-state index is -0.723. The zero-order valence-corrected chi connectivity index (χ0v) is 19.1. The average Bonchev–Trinajstić information content (AvgIpc) is 3.26. The van der Waals surface area contributed by atoms with Crippen molar-refractivity contribution < 1.29 is 19.1 Å². The normalized spacial score (nSPS) is 15.9. The fraction of sp³-hybridized carbons (Fsp3) is 0.259. The zero-order valence-electron chi connectivity index (χ0n) is 19.1. The van der Waals surface area contributed by atoms with E-state index in [2.05, 4.69) is 5.32 Å². The second-order valence-corrected chi connectivity index (χ2v) is 8.29. The van der Waals surface area contributed by atoms with Crippen LogP contribution in [0.25, 0.3) is 0 Å². The van der Waals surface area contributed by atoms with E-state index in [1.54, 1.807) is 37.3 Å². The molecule has 0 aliphatic carbocycles. The van der Waals surface area contributed by atoms with Crippen molar-refractivity contribution in [1.82, 2.24) is 5.32 Å². The fourth-order valence-electron chi connectivity index (χ4n) is 4.33. The van der Waals surface area contributed by atoms with Crippen LogP contribution in [0.4, 0.5) is 5.69 Å². The smallest absolute Gasteiger partial charge is 0.227 e. The summed E-state index contributed by atoms with van der Waals surface area (Å²) in [5.74, 6) is 0.419. The third-order valence-electron chi connectivity index (χ3n) is 6.25. The summed E-state index contributed by atoms with van der Waals surface area (Å²) in [6.45, 7) is 2.30. The highest BCUT2D eigenvalue weighted by Crippen LogP contribution is 2.35. The fourth-order valence-corrected chi connectivity index (χ4v) is 4.33. The third kappa shape index (κ3) is 4.42. The first-order valence-electron chi connectivity index (χ1n) is 10.9. The average molecular weight is 445 g/mol. The van der Waals surface area contributed by atoms with E-state index in [0.717, 1.165) is 11.1 Å². The molecule has 1 aliphatic rings. The van der Waals surface area contributed by atoms with Crippen LogP contribution in [0.5, 0.6) is 11.5 Å². The van der Waals surface area contributed by atoms with Gasteiger partial charge in [-0.15, -0.1) is 0 Å². The van der Waals surface area contributed by atoms with Crippen LogP contribution in [-0.4, -0.2) is 32.6 Å². The van der Waals surface area contributed by atoms with Gasteiger partial charge in [0.25, 0.3) is 0 Å². The number of methoxy groups -OCH3 is 2. The number of carbonyl (C=O) groups is 2. The summed E-state index contributed by atoms with van der Waals surface area (Å²) >= 11 is 0. The van der Waals surface area contributed by atoms with Gasteiger partial charge >= 0.3 is 0 Å². The van der Waals surface area contributed by atoms with E-state index >= 15 is 0 Å². The summed E-state index contributed by atoms with van der Waals surface area (Å²) in [6.07, 6.45) is 0.153. The standard InChI is InChI=1S/C27H28N2O4/c1-27(20-10-6-4-7-11-20,21-12-8-5-9-13-21)28-26(31)19-16-25(30)29(18-19)22-14-15-23(32-2)24(17-22)33-3/h4-15,17,19H,16,18H2,1-3H3,(H,28,31). The van der Waals surface area contributed by atoms with E-state index in [1.807, 2.05) is 67.6 Å². The molecule has 1 aliphatic heterocycles. The van der Waals surface area contributed by atoms with Crippen molar-refractivity contribution in [2.24, 2.45) is 5.92 Å². The first kappa shape index (κ1) is 22.4. The Morgan fingerprint density at radius 1 is 0.909 bits per heavy atom.